The number of anilines is 1. The molecule has 0 bridgehead atoms. The molecule has 1 aliphatic rings. The standard InChI is InChI=1S/C32H30FN5O8S2/c1-31(2,29(41)42)46-37-25(27(39)35-26-24(18-33)38(28(26)40)48(43,44)45)23-19-47-30(34-23)36-32(20-12-6-3-7-13-20,21-14-8-4-9-15-21)22-16-10-5-11-17-22/h3-17,19,24,26H,18H2,1-2H3,(H,34,36)(H,35,39)(H,41,42)(H,43,44,45). The number of hydrogen-bond acceptors (Lipinski definition) is 10. The first kappa shape index (κ1) is 34.2. The van der Waals surface area contributed by atoms with Crippen molar-refractivity contribution < 1.29 is 41.7 Å². The zero-order chi connectivity index (χ0) is 34.7. The SMILES string of the molecule is CC(C)(ON=C(C(=O)NC1C(=O)N(S(=O)(=O)O)C1CF)c1csc(NC(c2ccccc2)(c2ccccc2)c2ccccc2)n1)C(=O)O. The van der Waals surface area contributed by atoms with E-state index in [1.165, 1.54) is 19.2 Å². The van der Waals surface area contributed by atoms with Gasteiger partial charge in [-0.1, -0.05) is 96.2 Å². The van der Waals surface area contributed by atoms with Gasteiger partial charge in [-0.25, -0.2) is 18.5 Å². The van der Waals surface area contributed by atoms with Gasteiger partial charge in [-0.2, -0.15) is 8.42 Å². The number of nitrogens with zero attached hydrogens (tertiary/aromatic N) is 3. The second kappa shape index (κ2) is 13.5. The monoisotopic (exact) mass is 695 g/mol. The number of benzene rings is 3. The molecule has 2 atom stereocenters. The highest BCUT2D eigenvalue weighted by molar-refractivity contribution is 7.84. The van der Waals surface area contributed by atoms with E-state index >= 15 is 0 Å². The minimum atomic E-state index is -5.09. The highest BCUT2D eigenvalue weighted by atomic mass is 32.2. The number of carboxylic acids is 1. The molecule has 0 spiro atoms. The van der Waals surface area contributed by atoms with Crippen molar-refractivity contribution in [2.24, 2.45) is 5.16 Å². The first-order chi connectivity index (χ1) is 22.8. The maximum Gasteiger partial charge on any atom is 0.362 e. The van der Waals surface area contributed by atoms with Gasteiger partial charge in [-0.05, 0) is 30.5 Å². The second-order valence-electron chi connectivity index (χ2n) is 11.1. The number of carbonyl (C=O) groups is 3. The molecule has 1 aliphatic heterocycles. The van der Waals surface area contributed by atoms with E-state index in [0.717, 1.165) is 28.0 Å². The second-order valence-corrected chi connectivity index (χ2v) is 13.3. The fourth-order valence-corrected chi connectivity index (χ4v) is 6.72. The van der Waals surface area contributed by atoms with Crippen molar-refractivity contribution in [2.45, 2.75) is 37.1 Å². The molecule has 5 rings (SSSR count). The summed E-state index contributed by atoms with van der Waals surface area (Å²) in [4.78, 5) is 47.5. The van der Waals surface area contributed by atoms with Gasteiger partial charge >= 0.3 is 16.3 Å². The molecule has 1 fully saturated rings. The topological polar surface area (TPSA) is 188 Å². The molecule has 4 N–H and O–H groups in total. The number of β-lactam (4-membered cyclic amide) rings is 1. The summed E-state index contributed by atoms with van der Waals surface area (Å²) in [5, 5.41) is 20.8. The van der Waals surface area contributed by atoms with Crippen molar-refractivity contribution in [3.05, 3.63) is 119 Å². The quantitative estimate of drug-likeness (QED) is 0.0529. The minimum Gasteiger partial charge on any atom is -0.478 e. The summed E-state index contributed by atoms with van der Waals surface area (Å²) in [5.74, 6) is -3.82. The molecule has 2 heterocycles. The van der Waals surface area contributed by atoms with Crippen molar-refractivity contribution in [2.75, 3.05) is 12.0 Å². The van der Waals surface area contributed by atoms with Crippen LogP contribution < -0.4 is 10.6 Å². The Hall–Kier alpha value is -5.19. The minimum absolute atomic E-state index is 0.0833. The molecule has 48 heavy (non-hydrogen) atoms. The van der Waals surface area contributed by atoms with Crippen LogP contribution in [0.15, 0.2) is 102 Å². The number of aliphatic carboxylic acids is 1. The summed E-state index contributed by atoms with van der Waals surface area (Å²) in [6, 6.07) is 25.4. The zero-order valence-electron chi connectivity index (χ0n) is 25.5. The number of rotatable bonds is 13. The van der Waals surface area contributed by atoms with Crippen LogP contribution in [0, 0.1) is 0 Å². The fourth-order valence-electron chi connectivity index (χ4n) is 5.11. The molecule has 2 amide bonds. The molecule has 1 saturated heterocycles. The van der Waals surface area contributed by atoms with Gasteiger partial charge in [0.2, 0.25) is 5.60 Å². The molecule has 0 saturated carbocycles. The zero-order valence-corrected chi connectivity index (χ0v) is 27.1. The predicted molar refractivity (Wildman–Crippen MR) is 174 cm³/mol. The number of nitrogens with one attached hydrogen (secondary N) is 2. The summed E-state index contributed by atoms with van der Waals surface area (Å²) in [6.07, 6.45) is 0. The van der Waals surface area contributed by atoms with E-state index < -0.39 is 63.7 Å². The van der Waals surface area contributed by atoms with Crippen molar-refractivity contribution >= 4 is 50.3 Å². The third kappa shape index (κ3) is 6.62. The molecule has 16 heteroatoms. The van der Waals surface area contributed by atoms with E-state index in [-0.39, 0.29) is 10.00 Å². The number of aromatic nitrogens is 1. The molecule has 250 valence electrons. The van der Waals surface area contributed by atoms with E-state index in [1.807, 2.05) is 91.0 Å². The van der Waals surface area contributed by atoms with Crippen LogP contribution >= 0.6 is 11.3 Å². The Bertz CT molecular complexity index is 1840. The molecule has 1 aromatic heterocycles. The Morgan fingerprint density at radius 3 is 1.92 bits per heavy atom. The smallest absolute Gasteiger partial charge is 0.362 e. The van der Waals surface area contributed by atoms with E-state index in [0.29, 0.717) is 5.13 Å². The number of thiazole rings is 1. The first-order valence-electron chi connectivity index (χ1n) is 14.4. The van der Waals surface area contributed by atoms with E-state index in [1.54, 1.807) is 0 Å². The molecule has 13 nitrogen and oxygen atoms in total. The van der Waals surface area contributed by atoms with Crippen LogP contribution in [0.4, 0.5) is 9.52 Å². The highest BCUT2D eigenvalue weighted by Gasteiger charge is 2.54. The van der Waals surface area contributed by atoms with Gasteiger partial charge in [-0.15, -0.1) is 11.3 Å². The Morgan fingerprint density at radius 1 is 0.979 bits per heavy atom. The lowest BCUT2D eigenvalue weighted by Crippen LogP contribution is -2.73. The Kier molecular flexibility index (Phi) is 9.61. The number of hydrogen-bond donors (Lipinski definition) is 4. The van der Waals surface area contributed by atoms with E-state index in [9.17, 15) is 36.9 Å². The molecular formula is C32H30FN5O8S2. The number of alkyl halides is 1. The van der Waals surface area contributed by atoms with Gasteiger partial charge in [-0.3, -0.25) is 14.1 Å². The molecule has 0 radical (unpaired) electrons. The Morgan fingerprint density at radius 2 is 1.48 bits per heavy atom. The summed E-state index contributed by atoms with van der Waals surface area (Å²) in [7, 11) is -5.09. The van der Waals surface area contributed by atoms with Gasteiger partial charge in [0.05, 0.1) is 0 Å². The normalized spacial score (nSPS) is 17.0. The fraction of sp³-hybridized carbons (Fsp3) is 0.219. The van der Waals surface area contributed by atoms with Crippen LogP contribution in [0.2, 0.25) is 0 Å². The molecule has 0 aliphatic carbocycles. The van der Waals surface area contributed by atoms with E-state index in [4.69, 9.17) is 4.84 Å². The third-order valence-corrected chi connectivity index (χ3v) is 9.33. The summed E-state index contributed by atoms with van der Waals surface area (Å²) in [5.41, 5.74) is -0.981. The van der Waals surface area contributed by atoms with Gasteiger partial charge in [0.15, 0.2) is 10.8 Å². The largest absolute Gasteiger partial charge is 0.478 e. The van der Waals surface area contributed by atoms with Crippen molar-refractivity contribution in [3.8, 4) is 0 Å². The number of oxime groups is 1. The van der Waals surface area contributed by atoms with E-state index in [2.05, 4.69) is 20.8 Å². The van der Waals surface area contributed by atoms with Crippen molar-refractivity contribution in [1.29, 1.82) is 0 Å². The maximum absolute atomic E-state index is 13.7. The summed E-state index contributed by atoms with van der Waals surface area (Å²) >= 11 is 1.09. The molecule has 2 unspecified atom stereocenters. The van der Waals surface area contributed by atoms with Crippen molar-refractivity contribution in [1.82, 2.24) is 14.6 Å². The first-order valence-corrected chi connectivity index (χ1v) is 16.6. The summed E-state index contributed by atoms with van der Waals surface area (Å²) < 4.78 is 46.0. The van der Waals surface area contributed by atoms with Crippen LogP contribution in [-0.2, 0) is 35.1 Å². The summed E-state index contributed by atoms with van der Waals surface area (Å²) in [6.45, 7) is 0.973. The predicted octanol–water partition coefficient (Wildman–Crippen LogP) is 3.60. The van der Waals surface area contributed by atoms with Gasteiger partial charge in [0.1, 0.15) is 30.0 Å². The maximum atomic E-state index is 13.7. The van der Waals surface area contributed by atoms with Crippen molar-refractivity contribution in [3.63, 3.8) is 0 Å². The number of carbonyl (C=O) groups excluding carboxylic acids is 2. The van der Waals surface area contributed by atoms with Gasteiger partial charge in [0, 0.05) is 5.38 Å². The van der Waals surface area contributed by atoms with Gasteiger partial charge < -0.3 is 20.6 Å². The lowest BCUT2D eigenvalue weighted by Gasteiger charge is -2.42. The number of amides is 2. The lowest BCUT2D eigenvalue weighted by atomic mass is 9.77. The third-order valence-electron chi connectivity index (χ3n) is 7.62. The van der Waals surface area contributed by atoms with Crippen LogP contribution in [0.1, 0.15) is 36.2 Å². The van der Waals surface area contributed by atoms with Crippen LogP contribution in [0.25, 0.3) is 0 Å². The Labute approximate surface area is 279 Å². The van der Waals surface area contributed by atoms with Crippen LogP contribution in [-0.4, -0.2) is 75.2 Å². The molecule has 4 aromatic rings. The molecule has 3 aromatic carbocycles. The van der Waals surface area contributed by atoms with Gasteiger partial charge in [0.25, 0.3) is 11.8 Å². The number of carboxylic acid groups (broad SMARTS) is 1. The van der Waals surface area contributed by atoms with Crippen LogP contribution in [0.3, 0.4) is 0 Å². The Balaban J connectivity index is 1.56. The lowest BCUT2D eigenvalue weighted by molar-refractivity contribution is -0.161. The number of halogens is 1. The van der Waals surface area contributed by atoms with Crippen LogP contribution in [0.5, 0.6) is 0 Å². The average Bonchev–Trinajstić information content (AvgIpc) is 3.53. The average molecular weight is 696 g/mol. The highest BCUT2D eigenvalue weighted by Crippen LogP contribution is 2.40. The molecular weight excluding hydrogens is 666 g/mol.